The van der Waals surface area contributed by atoms with Crippen molar-refractivity contribution in [3.05, 3.63) is 71.5 Å². The number of hydrogen-bond acceptors (Lipinski definition) is 1. The molecule has 0 saturated heterocycles. The van der Waals surface area contributed by atoms with E-state index in [1.165, 1.54) is 17.7 Å². The van der Waals surface area contributed by atoms with Gasteiger partial charge in [-0.05, 0) is 42.5 Å². The molecule has 112 valence electrons. The summed E-state index contributed by atoms with van der Waals surface area (Å²) in [6, 6.07) is 18.0. The summed E-state index contributed by atoms with van der Waals surface area (Å²) in [5.41, 5.74) is 2.48. The van der Waals surface area contributed by atoms with Crippen molar-refractivity contribution in [2.75, 3.05) is 0 Å². The van der Waals surface area contributed by atoms with Gasteiger partial charge >= 0.3 is 0 Å². The summed E-state index contributed by atoms with van der Waals surface area (Å²) in [5, 5.41) is 3.70. The quantitative estimate of drug-likeness (QED) is 0.808. The van der Waals surface area contributed by atoms with Crippen LogP contribution in [0.1, 0.15) is 37.9 Å². The molecule has 0 aromatic heterocycles. The van der Waals surface area contributed by atoms with Gasteiger partial charge < -0.3 is 5.32 Å². The summed E-state index contributed by atoms with van der Waals surface area (Å²) in [7, 11) is 0. The topological polar surface area (TPSA) is 12.0 Å². The Morgan fingerprint density at radius 1 is 0.905 bits per heavy atom. The number of hydrogen-bond donors (Lipinski definition) is 1. The maximum atomic E-state index is 12.9. The van der Waals surface area contributed by atoms with E-state index in [0.29, 0.717) is 18.0 Å². The van der Waals surface area contributed by atoms with E-state index in [9.17, 15) is 4.39 Å². The summed E-state index contributed by atoms with van der Waals surface area (Å²) < 4.78 is 12.9. The molecule has 0 aliphatic rings. The summed E-state index contributed by atoms with van der Waals surface area (Å²) in [4.78, 5) is 0. The van der Waals surface area contributed by atoms with E-state index >= 15 is 0 Å². The molecule has 0 amide bonds. The van der Waals surface area contributed by atoms with Crippen molar-refractivity contribution in [2.24, 2.45) is 5.92 Å². The Bertz CT molecular complexity index is 533. The third-order valence-corrected chi connectivity index (χ3v) is 3.74. The molecule has 2 rings (SSSR count). The normalized spacial score (nSPS) is 14.1. The van der Waals surface area contributed by atoms with Gasteiger partial charge in [0.15, 0.2) is 0 Å². The van der Waals surface area contributed by atoms with E-state index in [1.54, 1.807) is 0 Å². The lowest BCUT2D eigenvalue weighted by molar-refractivity contribution is 0.368. The van der Waals surface area contributed by atoms with Gasteiger partial charge in [-0.2, -0.15) is 0 Å². The van der Waals surface area contributed by atoms with Crippen LogP contribution in [0.2, 0.25) is 0 Å². The third-order valence-electron chi connectivity index (χ3n) is 3.74. The fourth-order valence-corrected chi connectivity index (χ4v) is 2.67. The molecule has 0 heterocycles. The molecular formula is C19H24FN. The van der Waals surface area contributed by atoms with Crippen molar-refractivity contribution >= 4 is 0 Å². The molecule has 2 atom stereocenters. The highest BCUT2D eigenvalue weighted by Gasteiger charge is 2.17. The second kappa shape index (κ2) is 7.37. The predicted molar refractivity (Wildman–Crippen MR) is 86.7 cm³/mol. The van der Waals surface area contributed by atoms with Crippen LogP contribution in [0.4, 0.5) is 4.39 Å². The molecule has 2 unspecified atom stereocenters. The molecule has 2 heteroatoms. The van der Waals surface area contributed by atoms with Crippen molar-refractivity contribution in [1.29, 1.82) is 0 Å². The van der Waals surface area contributed by atoms with E-state index in [-0.39, 0.29) is 5.82 Å². The van der Waals surface area contributed by atoms with Gasteiger partial charge in [0.1, 0.15) is 5.82 Å². The second-order valence-electron chi connectivity index (χ2n) is 6.03. The van der Waals surface area contributed by atoms with Gasteiger partial charge in [-0.15, -0.1) is 0 Å². The minimum Gasteiger partial charge on any atom is -0.307 e. The number of nitrogens with one attached hydrogen (secondary N) is 1. The van der Waals surface area contributed by atoms with E-state index in [1.807, 2.05) is 18.2 Å². The lowest BCUT2D eigenvalue weighted by atomic mass is 9.94. The fraction of sp³-hybridized carbons (Fsp3) is 0.368. The standard InChI is InChI=1S/C19H24FN/c1-14(2)19(17-7-5-4-6-8-17)21-15(3)13-16-9-11-18(20)12-10-16/h4-12,14-15,19,21H,13H2,1-3H3. The SMILES string of the molecule is CC(Cc1ccc(F)cc1)NC(c1ccccc1)C(C)C. The zero-order valence-corrected chi connectivity index (χ0v) is 13.0. The smallest absolute Gasteiger partial charge is 0.123 e. The van der Waals surface area contributed by atoms with Crippen LogP contribution < -0.4 is 5.32 Å². The molecule has 1 N–H and O–H groups in total. The van der Waals surface area contributed by atoms with Gasteiger partial charge in [-0.1, -0.05) is 56.3 Å². The van der Waals surface area contributed by atoms with Crippen molar-refractivity contribution in [3.8, 4) is 0 Å². The average molecular weight is 285 g/mol. The van der Waals surface area contributed by atoms with Crippen LogP contribution >= 0.6 is 0 Å². The lowest BCUT2D eigenvalue weighted by Crippen LogP contribution is -2.34. The zero-order chi connectivity index (χ0) is 15.2. The Labute approximate surface area is 127 Å². The van der Waals surface area contributed by atoms with Crippen molar-refractivity contribution in [3.63, 3.8) is 0 Å². The van der Waals surface area contributed by atoms with Crippen LogP contribution in [0.25, 0.3) is 0 Å². The lowest BCUT2D eigenvalue weighted by Gasteiger charge is -2.27. The Balaban J connectivity index is 2.02. The number of halogens is 1. The van der Waals surface area contributed by atoms with E-state index < -0.39 is 0 Å². The molecule has 0 spiro atoms. The largest absolute Gasteiger partial charge is 0.307 e. The highest BCUT2D eigenvalue weighted by molar-refractivity contribution is 5.20. The molecular weight excluding hydrogens is 261 g/mol. The van der Waals surface area contributed by atoms with Crippen LogP contribution in [0.5, 0.6) is 0 Å². The van der Waals surface area contributed by atoms with Gasteiger partial charge in [-0.25, -0.2) is 4.39 Å². The minimum atomic E-state index is -0.177. The maximum Gasteiger partial charge on any atom is 0.123 e. The molecule has 1 nitrogen and oxygen atoms in total. The Kier molecular flexibility index (Phi) is 5.51. The molecule has 2 aromatic rings. The fourth-order valence-electron chi connectivity index (χ4n) is 2.67. The monoisotopic (exact) mass is 285 g/mol. The second-order valence-corrected chi connectivity index (χ2v) is 6.03. The first-order valence-corrected chi connectivity index (χ1v) is 7.61. The van der Waals surface area contributed by atoms with E-state index in [4.69, 9.17) is 0 Å². The summed E-state index contributed by atoms with van der Waals surface area (Å²) in [5.74, 6) is 0.340. The summed E-state index contributed by atoms with van der Waals surface area (Å²) in [6.07, 6.45) is 0.899. The van der Waals surface area contributed by atoms with Crippen molar-refractivity contribution < 1.29 is 4.39 Å². The number of rotatable bonds is 6. The highest BCUT2D eigenvalue weighted by Crippen LogP contribution is 2.22. The molecule has 2 aromatic carbocycles. The maximum absolute atomic E-state index is 12.9. The number of benzene rings is 2. The highest BCUT2D eigenvalue weighted by atomic mass is 19.1. The van der Waals surface area contributed by atoms with E-state index in [2.05, 4.69) is 50.4 Å². The van der Waals surface area contributed by atoms with Crippen LogP contribution in [0.15, 0.2) is 54.6 Å². The molecule has 21 heavy (non-hydrogen) atoms. The molecule has 0 bridgehead atoms. The Morgan fingerprint density at radius 3 is 2.10 bits per heavy atom. The zero-order valence-electron chi connectivity index (χ0n) is 13.0. The molecule has 0 fully saturated rings. The summed E-state index contributed by atoms with van der Waals surface area (Å²) >= 11 is 0. The van der Waals surface area contributed by atoms with Crippen molar-refractivity contribution in [2.45, 2.75) is 39.3 Å². The van der Waals surface area contributed by atoms with Crippen LogP contribution in [0.3, 0.4) is 0 Å². The first-order valence-electron chi connectivity index (χ1n) is 7.61. The summed E-state index contributed by atoms with van der Waals surface area (Å²) in [6.45, 7) is 6.65. The van der Waals surface area contributed by atoms with Gasteiger partial charge in [0, 0.05) is 12.1 Å². The van der Waals surface area contributed by atoms with Gasteiger partial charge in [0.25, 0.3) is 0 Å². The van der Waals surface area contributed by atoms with E-state index in [0.717, 1.165) is 12.0 Å². The van der Waals surface area contributed by atoms with Crippen molar-refractivity contribution in [1.82, 2.24) is 5.32 Å². The third kappa shape index (κ3) is 4.68. The van der Waals surface area contributed by atoms with Crippen LogP contribution in [-0.4, -0.2) is 6.04 Å². The molecule has 0 saturated carbocycles. The van der Waals surface area contributed by atoms with Gasteiger partial charge in [0.2, 0.25) is 0 Å². The Morgan fingerprint density at radius 2 is 1.52 bits per heavy atom. The molecule has 0 aliphatic carbocycles. The average Bonchev–Trinajstić information content (AvgIpc) is 2.48. The first-order chi connectivity index (χ1) is 10.1. The van der Waals surface area contributed by atoms with Crippen LogP contribution in [0, 0.1) is 11.7 Å². The Hall–Kier alpha value is -1.67. The minimum absolute atomic E-state index is 0.177. The van der Waals surface area contributed by atoms with Gasteiger partial charge in [0.05, 0.1) is 0 Å². The van der Waals surface area contributed by atoms with Crippen LogP contribution in [-0.2, 0) is 6.42 Å². The molecule has 0 radical (unpaired) electrons. The first kappa shape index (κ1) is 15.7. The molecule has 0 aliphatic heterocycles. The predicted octanol–water partition coefficient (Wildman–Crippen LogP) is 4.74. The van der Waals surface area contributed by atoms with Gasteiger partial charge in [-0.3, -0.25) is 0 Å².